The summed E-state index contributed by atoms with van der Waals surface area (Å²) in [5, 5.41) is 4.15. The highest BCUT2D eigenvalue weighted by Crippen LogP contribution is 2.33. The Labute approximate surface area is 204 Å². The number of carbonyl (C=O) groups is 1. The number of fused-ring (bicyclic) bond motifs is 1. The molecular formula is C24H22ClN5O3S. The molecule has 1 aliphatic heterocycles. The van der Waals surface area contributed by atoms with Gasteiger partial charge >= 0.3 is 5.69 Å². The maximum Gasteiger partial charge on any atom is 0.349 e. The number of morpholine rings is 1. The second-order valence-electron chi connectivity index (χ2n) is 7.96. The molecule has 34 heavy (non-hydrogen) atoms. The van der Waals surface area contributed by atoms with Crippen molar-refractivity contribution in [3.8, 4) is 11.3 Å². The van der Waals surface area contributed by atoms with Gasteiger partial charge in [-0.2, -0.15) is 4.98 Å². The van der Waals surface area contributed by atoms with Crippen molar-refractivity contribution in [2.75, 3.05) is 36.5 Å². The minimum absolute atomic E-state index is 0.187. The largest absolute Gasteiger partial charge is 0.378 e. The van der Waals surface area contributed by atoms with E-state index in [4.69, 9.17) is 21.3 Å². The second-order valence-corrected chi connectivity index (χ2v) is 9.32. The average Bonchev–Trinajstić information content (AvgIpc) is 3.30. The number of hydrogen-bond acceptors (Lipinski definition) is 7. The van der Waals surface area contributed by atoms with Gasteiger partial charge in [-0.1, -0.05) is 59.3 Å². The highest BCUT2D eigenvalue weighted by molar-refractivity contribution is 7.22. The minimum Gasteiger partial charge on any atom is -0.378 e. The zero-order valence-corrected chi connectivity index (χ0v) is 20.0. The fraction of sp³-hybridized carbons (Fsp3) is 0.250. The lowest BCUT2D eigenvalue weighted by Crippen LogP contribution is -2.36. The SMILES string of the molecule is Cc1ccc(NC(=O)Cn2c(=O)nc(-c3ccccc3)c3nc(N4CCOCC4)sc32)cc1Cl. The lowest BCUT2D eigenvalue weighted by molar-refractivity contribution is -0.116. The first kappa shape index (κ1) is 22.5. The van der Waals surface area contributed by atoms with Crippen LogP contribution in [0.4, 0.5) is 10.8 Å². The van der Waals surface area contributed by atoms with Crippen molar-refractivity contribution in [3.05, 3.63) is 69.6 Å². The first-order chi connectivity index (χ1) is 16.5. The predicted octanol–water partition coefficient (Wildman–Crippen LogP) is 3.96. The number of carbonyl (C=O) groups excluding carboxylic acids is 1. The Morgan fingerprint density at radius 3 is 2.65 bits per heavy atom. The molecular weight excluding hydrogens is 474 g/mol. The van der Waals surface area contributed by atoms with Crippen molar-refractivity contribution in [2.24, 2.45) is 0 Å². The third-order valence-electron chi connectivity index (χ3n) is 5.59. The highest BCUT2D eigenvalue weighted by atomic mass is 35.5. The summed E-state index contributed by atoms with van der Waals surface area (Å²) in [6, 6.07) is 14.8. The molecule has 2 aromatic carbocycles. The van der Waals surface area contributed by atoms with Crippen LogP contribution >= 0.6 is 22.9 Å². The molecule has 4 aromatic rings. The maximum absolute atomic E-state index is 13.1. The smallest absolute Gasteiger partial charge is 0.349 e. The number of halogens is 1. The summed E-state index contributed by atoms with van der Waals surface area (Å²) in [7, 11) is 0. The number of anilines is 2. The summed E-state index contributed by atoms with van der Waals surface area (Å²) >= 11 is 7.56. The lowest BCUT2D eigenvalue weighted by atomic mass is 10.1. The molecule has 1 amide bonds. The Morgan fingerprint density at radius 1 is 1.15 bits per heavy atom. The van der Waals surface area contributed by atoms with E-state index in [-0.39, 0.29) is 12.5 Å². The normalized spacial score (nSPS) is 13.9. The zero-order valence-electron chi connectivity index (χ0n) is 18.5. The van der Waals surface area contributed by atoms with E-state index in [9.17, 15) is 9.59 Å². The van der Waals surface area contributed by atoms with Crippen LogP contribution in [0.2, 0.25) is 5.02 Å². The van der Waals surface area contributed by atoms with Crippen LogP contribution in [0.15, 0.2) is 53.3 Å². The summed E-state index contributed by atoms with van der Waals surface area (Å²) in [6.07, 6.45) is 0. The van der Waals surface area contributed by atoms with E-state index in [0.29, 0.717) is 53.1 Å². The van der Waals surface area contributed by atoms with Crippen LogP contribution in [0.1, 0.15) is 5.56 Å². The van der Waals surface area contributed by atoms with Crippen molar-refractivity contribution < 1.29 is 9.53 Å². The number of amides is 1. The van der Waals surface area contributed by atoms with Gasteiger partial charge in [0.1, 0.15) is 22.6 Å². The van der Waals surface area contributed by atoms with E-state index in [1.807, 2.05) is 43.3 Å². The molecule has 3 heterocycles. The van der Waals surface area contributed by atoms with E-state index in [1.54, 1.807) is 12.1 Å². The summed E-state index contributed by atoms with van der Waals surface area (Å²) in [6.45, 7) is 4.37. The van der Waals surface area contributed by atoms with Crippen molar-refractivity contribution in [3.63, 3.8) is 0 Å². The van der Waals surface area contributed by atoms with Crippen LogP contribution in [0, 0.1) is 6.92 Å². The molecule has 0 radical (unpaired) electrons. The molecule has 0 aliphatic carbocycles. The number of aryl methyl sites for hydroxylation is 1. The van der Waals surface area contributed by atoms with Gasteiger partial charge in [0.15, 0.2) is 5.13 Å². The number of hydrogen-bond donors (Lipinski definition) is 1. The van der Waals surface area contributed by atoms with Crippen LogP contribution in [-0.2, 0) is 16.1 Å². The third-order valence-corrected chi connectivity index (χ3v) is 7.14. The zero-order chi connectivity index (χ0) is 23.7. The van der Waals surface area contributed by atoms with Crippen LogP contribution in [0.25, 0.3) is 21.6 Å². The van der Waals surface area contributed by atoms with Crippen LogP contribution < -0.4 is 15.9 Å². The number of benzene rings is 2. The number of ether oxygens (including phenoxy) is 1. The van der Waals surface area contributed by atoms with Gasteiger partial charge in [-0.25, -0.2) is 9.78 Å². The number of rotatable bonds is 5. The number of thiazole rings is 1. The summed E-state index contributed by atoms with van der Waals surface area (Å²) in [5.41, 5.74) is 2.90. The van der Waals surface area contributed by atoms with Crippen LogP contribution in [-0.4, -0.2) is 46.7 Å². The molecule has 2 aromatic heterocycles. The molecule has 1 fully saturated rings. The highest BCUT2D eigenvalue weighted by Gasteiger charge is 2.22. The molecule has 1 saturated heterocycles. The van der Waals surface area contributed by atoms with Gasteiger partial charge in [-0.15, -0.1) is 0 Å². The van der Waals surface area contributed by atoms with Crippen molar-refractivity contribution in [1.82, 2.24) is 14.5 Å². The lowest BCUT2D eigenvalue weighted by Gasteiger charge is -2.25. The average molecular weight is 496 g/mol. The Morgan fingerprint density at radius 2 is 1.91 bits per heavy atom. The number of nitrogens with one attached hydrogen (secondary N) is 1. The monoisotopic (exact) mass is 495 g/mol. The fourth-order valence-corrected chi connectivity index (χ4v) is 5.07. The third kappa shape index (κ3) is 4.54. The number of nitrogens with zero attached hydrogens (tertiary/aromatic N) is 4. The van der Waals surface area contributed by atoms with Crippen LogP contribution in [0.5, 0.6) is 0 Å². The molecule has 8 nitrogen and oxygen atoms in total. The standard InChI is InChI=1S/C24H22ClN5O3S/c1-15-7-8-17(13-18(15)25)26-19(31)14-30-22-21(28-24(34-22)29-9-11-33-12-10-29)20(27-23(30)32)16-5-3-2-4-6-16/h2-8,13H,9-12,14H2,1H3,(H,26,31). The molecule has 0 bridgehead atoms. The molecule has 5 rings (SSSR count). The molecule has 0 atom stereocenters. The van der Waals surface area contributed by atoms with E-state index >= 15 is 0 Å². The van der Waals surface area contributed by atoms with Crippen molar-refractivity contribution in [1.29, 1.82) is 0 Å². The summed E-state index contributed by atoms with van der Waals surface area (Å²) < 4.78 is 6.84. The van der Waals surface area contributed by atoms with Crippen molar-refractivity contribution in [2.45, 2.75) is 13.5 Å². The minimum atomic E-state index is -0.499. The van der Waals surface area contributed by atoms with E-state index in [0.717, 1.165) is 16.3 Å². The molecule has 1 aliphatic rings. The first-order valence-corrected chi connectivity index (χ1v) is 12.0. The molecule has 0 saturated carbocycles. The second kappa shape index (κ2) is 9.54. The molecule has 174 valence electrons. The Bertz CT molecular complexity index is 1410. The van der Waals surface area contributed by atoms with Gasteiger partial charge in [0.25, 0.3) is 0 Å². The van der Waals surface area contributed by atoms with Crippen LogP contribution in [0.3, 0.4) is 0 Å². The predicted molar refractivity (Wildman–Crippen MR) is 135 cm³/mol. The molecule has 0 spiro atoms. The Balaban J connectivity index is 1.54. The Kier molecular flexibility index (Phi) is 6.32. The van der Waals surface area contributed by atoms with Gasteiger partial charge in [0.05, 0.1) is 13.2 Å². The number of aromatic nitrogens is 3. The maximum atomic E-state index is 13.1. The van der Waals surface area contributed by atoms with Gasteiger partial charge < -0.3 is 15.0 Å². The quantitative estimate of drug-likeness (QED) is 0.451. The fourth-order valence-electron chi connectivity index (χ4n) is 3.78. The van der Waals surface area contributed by atoms with E-state index in [2.05, 4.69) is 15.2 Å². The van der Waals surface area contributed by atoms with E-state index < -0.39 is 5.69 Å². The Hall–Kier alpha value is -3.27. The summed E-state index contributed by atoms with van der Waals surface area (Å²) in [5.74, 6) is -0.348. The molecule has 0 unspecified atom stereocenters. The van der Waals surface area contributed by atoms with Crippen molar-refractivity contribution >= 4 is 50.0 Å². The molecule has 10 heteroatoms. The van der Waals surface area contributed by atoms with Gasteiger partial charge in [0.2, 0.25) is 5.91 Å². The van der Waals surface area contributed by atoms with Gasteiger partial charge in [0, 0.05) is 29.4 Å². The topological polar surface area (TPSA) is 89.3 Å². The summed E-state index contributed by atoms with van der Waals surface area (Å²) in [4.78, 5) is 37.9. The van der Waals surface area contributed by atoms with Gasteiger partial charge in [-0.05, 0) is 24.6 Å². The first-order valence-electron chi connectivity index (χ1n) is 10.8. The van der Waals surface area contributed by atoms with E-state index in [1.165, 1.54) is 15.9 Å². The molecule has 1 N–H and O–H groups in total. The van der Waals surface area contributed by atoms with Gasteiger partial charge in [-0.3, -0.25) is 9.36 Å².